The molecule has 1 heterocycles. The van der Waals surface area contributed by atoms with E-state index in [9.17, 15) is 20.0 Å². The fourth-order valence-corrected chi connectivity index (χ4v) is 4.39. The third kappa shape index (κ3) is 4.68. The summed E-state index contributed by atoms with van der Waals surface area (Å²) in [6, 6.07) is 10.9. The predicted molar refractivity (Wildman–Crippen MR) is 129 cm³/mol. The molecule has 9 heteroatoms. The number of aromatic nitrogens is 2. The van der Waals surface area contributed by atoms with E-state index in [4.69, 9.17) is 28.2 Å². The van der Waals surface area contributed by atoms with E-state index in [2.05, 4.69) is 6.07 Å². The summed E-state index contributed by atoms with van der Waals surface area (Å²) in [7, 11) is 0. The number of carboxylic acid groups (broad SMARTS) is 1. The summed E-state index contributed by atoms with van der Waals surface area (Å²) in [6.45, 7) is 7.29. The van der Waals surface area contributed by atoms with Gasteiger partial charge in [-0.15, -0.1) is 0 Å². The molecule has 0 saturated heterocycles. The predicted octanol–water partition coefficient (Wildman–Crippen LogP) is 6.18. The van der Waals surface area contributed by atoms with Crippen LogP contribution in [0.1, 0.15) is 58.0 Å². The third-order valence-electron chi connectivity index (χ3n) is 5.28. The number of halogens is 2. The Labute approximate surface area is 201 Å². The molecule has 0 aliphatic heterocycles. The van der Waals surface area contributed by atoms with Crippen LogP contribution in [0.15, 0.2) is 41.2 Å². The summed E-state index contributed by atoms with van der Waals surface area (Å²) in [5.41, 5.74) is -0.328. The summed E-state index contributed by atoms with van der Waals surface area (Å²) in [6.07, 6.45) is -0.0813. The van der Waals surface area contributed by atoms with Crippen LogP contribution in [0.5, 0.6) is 0 Å². The van der Waals surface area contributed by atoms with Crippen LogP contribution in [-0.2, 0) is 0 Å². The lowest BCUT2D eigenvalue weighted by molar-refractivity contribution is 0.0627. The lowest BCUT2D eigenvalue weighted by Crippen LogP contribution is -2.48. The topological polar surface area (TPSA) is 99.2 Å². The number of hydrogen-bond acceptors (Lipinski definition) is 4. The second kappa shape index (κ2) is 9.42. The Balaban J connectivity index is 2.51. The van der Waals surface area contributed by atoms with Gasteiger partial charge < -0.3 is 5.11 Å². The molecule has 3 aromatic rings. The number of carbonyl (C=O) groups is 1. The molecule has 0 aliphatic rings. The Morgan fingerprint density at radius 1 is 1.24 bits per heavy atom. The zero-order valence-electron chi connectivity index (χ0n) is 18.8. The average Bonchev–Trinajstić information content (AvgIpc) is 2.74. The molecule has 1 N–H and O–H groups in total. The van der Waals surface area contributed by atoms with Crippen molar-refractivity contribution in [2.75, 3.05) is 0 Å². The molecular weight excluding hydrogens is 463 g/mol. The van der Waals surface area contributed by atoms with Gasteiger partial charge in [-0.25, -0.2) is 9.78 Å². The molecule has 33 heavy (non-hydrogen) atoms. The molecule has 7 nitrogen and oxygen atoms in total. The van der Waals surface area contributed by atoms with Crippen LogP contribution in [-0.4, -0.2) is 31.2 Å². The van der Waals surface area contributed by atoms with Crippen LogP contribution in [0, 0.1) is 11.3 Å². The minimum atomic E-state index is -1.13. The molecule has 172 valence electrons. The van der Waals surface area contributed by atoms with Gasteiger partial charge in [0.15, 0.2) is 0 Å². The number of hydrogen-bond donors (Lipinski definition) is 1. The van der Waals surface area contributed by atoms with Gasteiger partial charge in [-0.3, -0.25) is 14.3 Å². The molecule has 0 unspecified atom stereocenters. The van der Waals surface area contributed by atoms with E-state index in [-0.39, 0.29) is 26.8 Å². The van der Waals surface area contributed by atoms with Gasteiger partial charge in [0.25, 0.3) is 5.56 Å². The van der Waals surface area contributed by atoms with E-state index in [0.717, 1.165) is 0 Å². The van der Waals surface area contributed by atoms with Crippen molar-refractivity contribution in [3.63, 3.8) is 0 Å². The summed E-state index contributed by atoms with van der Waals surface area (Å²) in [5.74, 6) is 0.214. The molecular formula is C24H24Cl2N4O3. The van der Waals surface area contributed by atoms with E-state index < -0.39 is 23.2 Å². The molecule has 0 fully saturated rings. The maximum absolute atomic E-state index is 13.8. The lowest BCUT2D eigenvalue weighted by atomic mass is 9.99. The van der Waals surface area contributed by atoms with Crippen molar-refractivity contribution in [2.45, 2.75) is 52.1 Å². The van der Waals surface area contributed by atoms with Crippen molar-refractivity contribution < 1.29 is 9.90 Å². The third-order valence-corrected chi connectivity index (χ3v) is 5.90. The molecule has 0 radical (unpaired) electrons. The highest BCUT2D eigenvalue weighted by Crippen LogP contribution is 2.34. The zero-order valence-corrected chi connectivity index (χ0v) is 20.3. The Hall–Kier alpha value is -3.08. The van der Waals surface area contributed by atoms with Gasteiger partial charge in [0, 0.05) is 5.54 Å². The number of fused-ring (bicyclic) bond motifs is 1. The average molecular weight is 487 g/mol. The molecule has 1 atom stereocenters. The number of benzene rings is 2. The molecule has 0 bridgehead atoms. The number of nitrogens with zero attached hydrogens (tertiary/aromatic N) is 4. The van der Waals surface area contributed by atoms with Crippen LogP contribution in [0.2, 0.25) is 10.0 Å². The van der Waals surface area contributed by atoms with Gasteiger partial charge in [0.2, 0.25) is 0 Å². The fraction of sp³-hybridized carbons (Fsp3) is 0.333. The summed E-state index contributed by atoms with van der Waals surface area (Å²) in [4.78, 5) is 32.2. The minimum Gasteiger partial charge on any atom is -0.465 e. The Kier molecular flexibility index (Phi) is 7.01. The fourth-order valence-electron chi connectivity index (χ4n) is 3.96. The van der Waals surface area contributed by atoms with Crippen molar-refractivity contribution in [1.82, 2.24) is 14.5 Å². The minimum absolute atomic E-state index is 0.128. The van der Waals surface area contributed by atoms with Gasteiger partial charge >= 0.3 is 6.09 Å². The van der Waals surface area contributed by atoms with Gasteiger partial charge in [-0.05, 0) is 57.5 Å². The standard InChI is InChI=1S/C24H24Cl2N4O3/c1-5-7-18(30(23(32)33)24(2,3)4)21-28-20-17(26)11-10-16(25)19(20)22(31)29(21)15-9-6-8-14(12-15)13-27/h6,8-12,18H,5,7H2,1-4H3,(H,32,33)/t18-/m0/s1. The second-order valence-electron chi connectivity index (χ2n) is 8.65. The maximum atomic E-state index is 13.8. The normalized spacial score (nSPS) is 12.4. The van der Waals surface area contributed by atoms with Gasteiger partial charge in [-0.2, -0.15) is 5.26 Å². The second-order valence-corrected chi connectivity index (χ2v) is 9.47. The van der Waals surface area contributed by atoms with Crippen LogP contribution in [0.4, 0.5) is 4.79 Å². The zero-order chi connectivity index (χ0) is 24.5. The highest BCUT2D eigenvalue weighted by Gasteiger charge is 2.37. The van der Waals surface area contributed by atoms with Crippen molar-refractivity contribution in [3.8, 4) is 11.8 Å². The van der Waals surface area contributed by atoms with Crippen LogP contribution in [0.3, 0.4) is 0 Å². The van der Waals surface area contributed by atoms with Gasteiger partial charge in [0.1, 0.15) is 5.82 Å². The maximum Gasteiger partial charge on any atom is 0.408 e. The summed E-state index contributed by atoms with van der Waals surface area (Å²) >= 11 is 12.8. The van der Waals surface area contributed by atoms with Crippen LogP contribution >= 0.6 is 23.2 Å². The van der Waals surface area contributed by atoms with Gasteiger partial charge in [0.05, 0.1) is 44.3 Å². The molecule has 0 spiro atoms. The smallest absolute Gasteiger partial charge is 0.408 e. The highest BCUT2D eigenvalue weighted by molar-refractivity contribution is 6.39. The molecule has 2 aromatic carbocycles. The molecule has 0 saturated carbocycles. The highest BCUT2D eigenvalue weighted by atomic mass is 35.5. The first-order valence-electron chi connectivity index (χ1n) is 10.4. The van der Waals surface area contributed by atoms with Gasteiger partial charge in [-0.1, -0.05) is 42.6 Å². The van der Waals surface area contributed by atoms with Crippen molar-refractivity contribution in [2.24, 2.45) is 0 Å². The first-order valence-corrected chi connectivity index (χ1v) is 11.2. The summed E-state index contributed by atoms with van der Waals surface area (Å²) < 4.78 is 1.34. The van der Waals surface area contributed by atoms with Crippen molar-refractivity contribution in [3.05, 3.63) is 68.2 Å². The number of rotatable bonds is 5. The van der Waals surface area contributed by atoms with E-state index in [1.807, 2.05) is 6.92 Å². The largest absolute Gasteiger partial charge is 0.465 e. The summed E-state index contributed by atoms with van der Waals surface area (Å²) in [5, 5.41) is 20.0. The molecule has 1 amide bonds. The van der Waals surface area contributed by atoms with E-state index >= 15 is 0 Å². The Bertz CT molecular complexity index is 1320. The monoisotopic (exact) mass is 486 g/mol. The number of amides is 1. The van der Waals surface area contributed by atoms with E-state index in [1.165, 1.54) is 15.5 Å². The number of nitriles is 1. The Morgan fingerprint density at radius 3 is 2.48 bits per heavy atom. The van der Waals surface area contributed by atoms with Crippen molar-refractivity contribution >= 4 is 40.2 Å². The van der Waals surface area contributed by atoms with E-state index in [0.29, 0.717) is 24.1 Å². The first kappa shape index (κ1) is 24.6. The van der Waals surface area contributed by atoms with Crippen molar-refractivity contribution in [1.29, 1.82) is 5.26 Å². The quantitative estimate of drug-likeness (QED) is 0.463. The van der Waals surface area contributed by atoms with Crippen LogP contribution in [0.25, 0.3) is 16.6 Å². The van der Waals surface area contributed by atoms with Crippen LogP contribution < -0.4 is 5.56 Å². The SMILES string of the molecule is CCC[C@@H](c1nc2c(Cl)ccc(Cl)c2c(=O)n1-c1cccc(C#N)c1)N(C(=O)O)C(C)(C)C. The Morgan fingerprint density at radius 2 is 1.91 bits per heavy atom. The molecule has 0 aliphatic carbocycles. The van der Waals surface area contributed by atoms with E-state index in [1.54, 1.807) is 51.1 Å². The molecule has 3 rings (SSSR count). The lowest BCUT2D eigenvalue weighted by Gasteiger charge is -2.40. The first-order chi connectivity index (χ1) is 15.5. The molecule has 1 aromatic heterocycles.